The number of nitrogens with two attached hydrogens (primary N) is 4. The fourth-order valence-corrected chi connectivity index (χ4v) is 6.79. The smallest absolute Gasteiger partial charge is 0.276 e. The van der Waals surface area contributed by atoms with Gasteiger partial charge in [-0.3, -0.25) is 39.8 Å². The number of ether oxygens (including phenoxy) is 2. The van der Waals surface area contributed by atoms with Crippen LogP contribution in [0, 0.1) is 0 Å². The van der Waals surface area contributed by atoms with Crippen LogP contribution in [0.5, 0.6) is 11.5 Å². The van der Waals surface area contributed by atoms with E-state index in [9.17, 15) is 19.2 Å². The number of amides is 4. The van der Waals surface area contributed by atoms with E-state index in [1.165, 1.54) is 31.4 Å². The van der Waals surface area contributed by atoms with E-state index < -0.39 is 23.6 Å². The van der Waals surface area contributed by atoms with Crippen LogP contribution in [0.3, 0.4) is 0 Å². The van der Waals surface area contributed by atoms with E-state index in [2.05, 4.69) is 35.8 Å². The van der Waals surface area contributed by atoms with Crippen LogP contribution in [0.1, 0.15) is 54.8 Å². The highest BCUT2D eigenvalue weighted by Gasteiger charge is 2.23. The van der Waals surface area contributed by atoms with Gasteiger partial charge in [-0.2, -0.15) is 0 Å². The molecule has 20 heteroatoms. The van der Waals surface area contributed by atoms with Crippen molar-refractivity contribution in [1.82, 2.24) is 29.3 Å². The van der Waals surface area contributed by atoms with Gasteiger partial charge in [0.15, 0.2) is 0 Å². The average molecular weight is 853 g/mol. The Kier molecular flexibility index (Phi) is 15.9. The van der Waals surface area contributed by atoms with Gasteiger partial charge in [-0.25, -0.2) is 9.97 Å². The van der Waals surface area contributed by atoms with Crippen LogP contribution in [0.4, 0.5) is 11.9 Å². The number of nitrogens with zero attached hydrogens (tertiary/aromatic N) is 7. The number of fused-ring (bicyclic) bond motifs is 2. The fraction of sp³-hybridized carbons (Fsp3) is 0.381. The van der Waals surface area contributed by atoms with Crippen LogP contribution in [-0.4, -0.2) is 119 Å². The molecule has 3 heterocycles. The summed E-state index contributed by atoms with van der Waals surface area (Å²) in [6.07, 6.45) is 7.30. The number of anilines is 2. The SMILES string of the molecule is CCN=C(C=C(C)N)C(=O)Nc1nc2cc(C(N)=O)cc(OC)c2n1C/C=C/Cn1c(NC(=O)C(C=C(C)N)=NCC)nc2cc(C(N)=O)cc(OCCCN3CCNCC3)c21. The molecular weight excluding hydrogens is 797 g/mol. The van der Waals surface area contributed by atoms with E-state index in [0.717, 1.165) is 39.1 Å². The van der Waals surface area contributed by atoms with Crippen molar-refractivity contribution in [2.24, 2.45) is 32.9 Å². The third-order valence-electron chi connectivity index (χ3n) is 9.53. The van der Waals surface area contributed by atoms with Crippen LogP contribution < -0.4 is 48.4 Å². The van der Waals surface area contributed by atoms with E-state index in [4.69, 9.17) is 37.4 Å². The highest BCUT2D eigenvalue weighted by molar-refractivity contribution is 6.47. The van der Waals surface area contributed by atoms with E-state index >= 15 is 0 Å². The first-order valence-corrected chi connectivity index (χ1v) is 20.3. The van der Waals surface area contributed by atoms with E-state index in [0.29, 0.717) is 64.7 Å². The molecule has 1 saturated heterocycles. The van der Waals surface area contributed by atoms with Gasteiger partial charge < -0.3 is 51.8 Å². The van der Waals surface area contributed by atoms with Crippen molar-refractivity contribution in [3.05, 3.63) is 71.1 Å². The lowest BCUT2D eigenvalue weighted by Gasteiger charge is -2.27. The number of carbonyl (C=O) groups excluding carboxylic acids is 4. The molecule has 0 unspecified atom stereocenters. The van der Waals surface area contributed by atoms with Crippen LogP contribution >= 0.6 is 0 Å². The predicted octanol–water partition coefficient (Wildman–Crippen LogP) is 2.05. The minimum Gasteiger partial charge on any atom is -0.494 e. The first-order valence-electron chi connectivity index (χ1n) is 20.3. The van der Waals surface area contributed by atoms with Gasteiger partial charge in [0.2, 0.25) is 23.7 Å². The molecule has 20 nitrogen and oxygen atoms in total. The third-order valence-corrected chi connectivity index (χ3v) is 9.53. The van der Waals surface area contributed by atoms with Gasteiger partial charge in [0.25, 0.3) is 11.8 Å². The summed E-state index contributed by atoms with van der Waals surface area (Å²) in [5.41, 5.74) is 26.2. The molecule has 62 heavy (non-hydrogen) atoms. The average Bonchev–Trinajstić information content (AvgIpc) is 3.76. The number of allylic oxidation sites excluding steroid dienone is 4. The van der Waals surface area contributed by atoms with Crippen LogP contribution in [0.25, 0.3) is 22.1 Å². The summed E-state index contributed by atoms with van der Waals surface area (Å²) < 4.78 is 15.5. The van der Waals surface area contributed by atoms with E-state index in [-0.39, 0.29) is 47.5 Å². The largest absolute Gasteiger partial charge is 0.494 e. The number of aliphatic imine (C=N–C) groups is 2. The van der Waals surface area contributed by atoms with E-state index in [1.54, 1.807) is 49.0 Å². The van der Waals surface area contributed by atoms with Crippen molar-refractivity contribution in [1.29, 1.82) is 0 Å². The van der Waals surface area contributed by atoms with Gasteiger partial charge >= 0.3 is 0 Å². The number of aromatic nitrogens is 4. The standard InChI is InChI=1S/C42H56N14O6/c1-6-48-31(19-25(3)43)39(59)52-41-50-29-21-27(37(45)57)23-33(61-5)35(29)55(41)14-8-9-15-56-36-30(51-42(56)53-40(60)32(49-7-2)20-26(4)44)22-28(38(46)58)24-34(36)62-18-10-13-54-16-11-47-12-17-54/h8-9,19-24,47H,6-7,10-18,43-44H2,1-5H3,(H2,45,57)(H2,46,58)(H,50,52,59)(H,51,53,60)/b9-8+,25-19?,26-20?,48-31?,49-32?. The molecule has 1 fully saturated rings. The number of benzene rings is 2. The fourth-order valence-electron chi connectivity index (χ4n) is 6.79. The van der Waals surface area contributed by atoms with Gasteiger partial charge in [0.1, 0.15) is 34.0 Å². The Morgan fingerprint density at radius 1 is 0.758 bits per heavy atom. The summed E-state index contributed by atoms with van der Waals surface area (Å²) >= 11 is 0. The molecule has 0 radical (unpaired) electrons. The summed E-state index contributed by atoms with van der Waals surface area (Å²) in [5.74, 6) is -1.55. The van der Waals surface area contributed by atoms with Crippen molar-refractivity contribution in [2.45, 2.75) is 47.2 Å². The van der Waals surface area contributed by atoms with E-state index in [1.807, 2.05) is 12.2 Å². The summed E-state index contributed by atoms with van der Waals surface area (Å²) in [6.45, 7) is 12.7. The van der Waals surface area contributed by atoms with Gasteiger partial charge in [-0.05, 0) is 70.5 Å². The number of primary amides is 2. The number of rotatable bonds is 20. The molecule has 330 valence electrons. The third kappa shape index (κ3) is 11.6. The number of hydrogen-bond donors (Lipinski definition) is 7. The van der Waals surface area contributed by atoms with Crippen LogP contribution in [-0.2, 0) is 22.7 Å². The number of piperazine rings is 1. The monoisotopic (exact) mass is 852 g/mol. The molecular formula is C42H56N14O6. The Morgan fingerprint density at radius 3 is 1.66 bits per heavy atom. The molecule has 0 bridgehead atoms. The molecule has 0 spiro atoms. The zero-order chi connectivity index (χ0) is 44.9. The number of nitrogens with one attached hydrogen (secondary N) is 3. The number of imidazole rings is 2. The van der Waals surface area contributed by atoms with Gasteiger partial charge in [0.05, 0.1) is 24.8 Å². The minimum atomic E-state index is -0.685. The molecule has 1 aliphatic heterocycles. The lowest BCUT2D eigenvalue weighted by molar-refractivity contribution is -0.111. The Labute approximate surface area is 359 Å². The zero-order valence-electron chi connectivity index (χ0n) is 35.8. The van der Waals surface area contributed by atoms with Crippen LogP contribution in [0.2, 0.25) is 0 Å². The number of hydrogen-bond acceptors (Lipinski definition) is 14. The maximum Gasteiger partial charge on any atom is 0.276 e. The van der Waals surface area contributed by atoms with Crippen molar-refractivity contribution in [3.8, 4) is 11.5 Å². The van der Waals surface area contributed by atoms with Crippen molar-refractivity contribution >= 4 is 69.0 Å². The Morgan fingerprint density at radius 2 is 1.23 bits per heavy atom. The molecule has 5 rings (SSSR count). The molecule has 11 N–H and O–H groups in total. The highest BCUT2D eigenvalue weighted by Crippen LogP contribution is 2.33. The van der Waals surface area contributed by atoms with Crippen LogP contribution in [0.15, 0.2) is 69.9 Å². The normalized spacial score (nSPS) is 14.5. The number of methoxy groups -OCH3 is 1. The Balaban J connectivity index is 1.57. The first-order chi connectivity index (χ1) is 29.7. The Hall–Kier alpha value is -7.06. The summed E-state index contributed by atoms with van der Waals surface area (Å²) in [4.78, 5) is 72.3. The zero-order valence-corrected chi connectivity index (χ0v) is 35.8. The maximum absolute atomic E-state index is 13.7. The molecule has 2 aromatic heterocycles. The predicted molar refractivity (Wildman–Crippen MR) is 241 cm³/mol. The quantitative estimate of drug-likeness (QED) is 0.0382. The highest BCUT2D eigenvalue weighted by atomic mass is 16.5. The molecule has 0 aliphatic carbocycles. The molecule has 4 amide bonds. The first kappa shape index (κ1) is 46.0. The second-order valence-corrected chi connectivity index (χ2v) is 14.4. The second kappa shape index (κ2) is 21.5. The van der Waals surface area contributed by atoms with Crippen molar-refractivity contribution < 1.29 is 28.7 Å². The molecule has 0 saturated carbocycles. The minimum absolute atomic E-state index is 0.0959. The Bertz CT molecular complexity index is 2460. The lowest BCUT2D eigenvalue weighted by Crippen LogP contribution is -2.43. The summed E-state index contributed by atoms with van der Waals surface area (Å²) in [7, 11) is 1.45. The van der Waals surface area contributed by atoms with Crippen molar-refractivity contribution in [2.75, 3.05) is 70.2 Å². The van der Waals surface area contributed by atoms with Gasteiger partial charge in [-0.15, -0.1) is 0 Å². The van der Waals surface area contributed by atoms with Crippen molar-refractivity contribution in [3.63, 3.8) is 0 Å². The number of carbonyl (C=O) groups is 4. The topological polar surface area (TPSA) is 291 Å². The molecule has 0 atom stereocenters. The second-order valence-electron chi connectivity index (χ2n) is 14.4. The maximum atomic E-state index is 13.7. The molecule has 4 aromatic rings. The van der Waals surface area contributed by atoms with Gasteiger partial charge in [-0.1, -0.05) is 12.2 Å². The summed E-state index contributed by atoms with van der Waals surface area (Å²) in [5, 5.41) is 9.05. The van der Waals surface area contributed by atoms with Gasteiger partial charge in [0, 0.05) is 81.4 Å². The molecule has 2 aromatic carbocycles. The molecule has 1 aliphatic rings. The lowest BCUT2D eigenvalue weighted by atomic mass is 10.1. The summed E-state index contributed by atoms with van der Waals surface area (Å²) in [6, 6.07) is 6.13.